The molecule has 0 fully saturated rings. The van der Waals surface area contributed by atoms with Crippen LogP contribution in [0.1, 0.15) is 28.1 Å². The zero-order valence-electron chi connectivity index (χ0n) is 15.4. The molecular formula is C22H18ClFN2O3. The highest BCUT2D eigenvalue weighted by Gasteiger charge is 2.29. The molecule has 2 aromatic carbocycles. The minimum Gasteiger partial charge on any atom is -0.459 e. The van der Waals surface area contributed by atoms with Crippen molar-refractivity contribution in [2.45, 2.75) is 19.1 Å². The molecule has 4 rings (SSSR count). The van der Waals surface area contributed by atoms with E-state index in [0.29, 0.717) is 24.5 Å². The Balaban J connectivity index is 1.49. The minimum absolute atomic E-state index is 0.234. The fraction of sp³-hybridized carbons (Fsp3) is 0.182. The molecule has 29 heavy (non-hydrogen) atoms. The van der Waals surface area contributed by atoms with Crippen LogP contribution in [0.5, 0.6) is 0 Å². The van der Waals surface area contributed by atoms with Gasteiger partial charge in [-0.2, -0.15) is 0 Å². The lowest BCUT2D eigenvalue weighted by molar-refractivity contribution is 0.0387. The molecule has 0 unspecified atom stereocenters. The summed E-state index contributed by atoms with van der Waals surface area (Å²) in [5.74, 6) is -0.360. The molecule has 1 aromatic heterocycles. The van der Waals surface area contributed by atoms with Crippen LogP contribution < -0.4 is 0 Å². The SMILES string of the molecule is O=C(c1ccco1)N(Cc1ccc(F)cc1)C[C@@H]1CC(c2ccccc2Cl)=NO1. The molecular weight excluding hydrogens is 395 g/mol. The van der Waals surface area contributed by atoms with E-state index in [1.165, 1.54) is 18.4 Å². The summed E-state index contributed by atoms with van der Waals surface area (Å²) in [4.78, 5) is 20.1. The van der Waals surface area contributed by atoms with Crippen molar-refractivity contribution in [2.24, 2.45) is 5.16 Å². The van der Waals surface area contributed by atoms with Crippen LogP contribution in [0.15, 0.2) is 76.5 Å². The molecule has 3 aromatic rings. The van der Waals surface area contributed by atoms with Gasteiger partial charge in [-0.15, -0.1) is 0 Å². The first-order valence-corrected chi connectivity index (χ1v) is 9.53. The van der Waals surface area contributed by atoms with E-state index in [-0.39, 0.29) is 23.6 Å². The Morgan fingerprint density at radius 1 is 1.14 bits per heavy atom. The molecule has 0 saturated carbocycles. The van der Waals surface area contributed by atoms with Gasteiger partial charge in [-0.1, -0.05) is 47.1 Å². The number of hydrogen-bond acceptors (Lipinski definition) is 4. The molecule has 1 aliphatic heterocycles. The van der Waals surface area contributed by atoms with Crippen molar-refractivity contribution in [3.05, 3.63) is 94.7 Å². The molecule has 1 aliphatic rings. The van der Waals surface area contributed by atoms with Gasteiger partial charge < -0.3 is 14.2 Å². The molecule has 1 amide bonds. The topological polar surface area (TPSA) is 55.0 Å². The standard InChI is InChI=1S/C22H18ClFN2O3/c23-19-5-2-1-4-18(19)20-12-17(29-25-20)14-26(22(27)21-6-3-11-28-21)13-15-7-9-16(24)10-8-15/h1-11,17H,12-14H2/t17-/m0/s1. The first-order valence-electron chi connectivity index (χ1n) is 9.15. The number of carbonyl (C=O) groups excluding carboxylic acids is 1. The molecule has 1 atom stereocenters. The lowest BCUT2D eigenvalue weighted by Crippen LogP contribution is -2.37. The van der Waals surface area contributed by atoms with Gasteiger partial charge in [0.2, 0.25) is 0 Å². The van der Waals surface area contributed by atoms with E-state index in [1.54, 1.807) is 35.2 Å². The zero-order chi connectivity index (χ0) is 20.2. The van der Waals surface area contributed by atoms with E-state index in [0.717, 1.165) is 16.8 Å². The van der Waals surface area contributed by atoms with Crippen molar-refractivity contribution in [3.8, 4) is 0 Å². The number of rotatable bonds is 6. The molecule has 0 saturated heterocycles. The smallest absolute Gasteiger partial charge is 0.289 e. The summed E-state index contributed by atoms with van der Waals surface area (Å²) >= 11 is 6.25. The minimum atomic E-state index is -0.324. The second-order valence-corrected chi connectivity index (χ2v) is 7.15. The van der Waals surface area contributed by atoms with Crippen molar-refractivity contribution in [1.82, 2.24) is 4.90 Å². The monoisotopic (exact) mass is 412 g/mol. The van der Waals surface area contributed by atoms with E-state index < -0.39 is 0 Å². The van der Waals surface area contributed by atoms with E-state index >= 15 is 0 Å². The summed E-state index contributed by atoms with van der Waals surface area (Å²) in [5.41, 5.74) is 2.36. The number of nitrogens with zero attached hydrogens (tertiary/aromatic N) is 2. The third-order valence-electron chi connectivity index (χ3n) is 4.65. The first kappa shape index (κ1) is 19.2. The molecule has 0 radical (unpaired) electrons. The van der Waals surface area contributed by atoms with Gasteiger partial charge in [0, 0.05) is 23.6 Å². The maximum atomic E-state index is 13.2. The van der Waals surface area contributed by atoms with Crippen LogP contribution in [-0.2, 0) is 11.4 Å². The summed E-state index contributed by atoms with van der Waals surface area (Å²) in [6, 6.07) is 16.7. The number of benzene rings is 2. The summed E-state index contributed by atoms with van der Waals surface area (Å²) in [6.45, 7) is 0.593. The molecule has 7 heteroatoms. The number of oxime groups is 1. The first-order chi connectivity index (χ1) is 14.1. The highest BCUT2D eigenvalue weighted by molar-refractivity contribution is 6.34. The van der Waals surface area contributed by atoms with E-state index in [1.807, 2.05) is 18.2 Å². The summed E-state index contributed by atoms with van der Waals surface area (Å²) in [7, 11) is 0. The molecule has 0 spiro atoms. The van der Waals surface area contributed by atoms with Gasteiger partial charge in [0.15, 0.2) is 11.9 Å². The van der Waals surface area contributed by atoms with Gasteiger partial charge in [-0.3, -0.25) is 4.79 Å². The number of halogens is 2. The average molecular weight is 413 g/mol. The highest BCUT2D eigenvalue weighted by atomic mass is 35.5. The fourth-order valence-electron chi connectivity index (χ4n) is 3.21. The van der Waals surface area contributed by atoms with Crippen molar-refractivity contribution >= 4 is 23.2 Å². The number of furan rings is 1. The van der Waals surface area contributed by atoms with Crippen LogP contribution in [0.25, 0.3) is 0 Å². The lowest BCUT2D eigenvalue weighted by Gasteiger charge is -2.24. The maximum Gasteiger partial charge on any atom is 0.289 e. The van der Waals surface area contributed by atoms with Gasteiger partial charge in [0.05, 0.1) is 18.5 Å². The molecule has 0 aliphatic carbocycles. The van der Waals surface area contributed by atoms with Crippen LogP contribution in [0, 0.1) is 5.82 Å². The number of carbonyl (C=O) groups is 1. The van der Waals surface area contributed by atoms with Gasteiger partial charge in [0.25, 0.3) is 5.91 Å². The maximum absolute atomic E-state index is 13.2. The molecule has 0 N–H and O–H groups in total. The van der Waals surface area contributed by atoms with Gasteiger partial charge in [0.1, 0.15) is 5.82 Å². The quantitative estimate of drug-likeness (QED) is 0.578. The van der Waals surface area contributed by atoms with E-state index in [9.17, 15) is 9.18 Å². The predicted octanol–water partition coefficient (Wildman–Crippen LogP) is 4.91. The largest absolute Gasteiger partial charge is 0.459 e. The molecule has 5 nitrogen and oxygen atoms in total. The normalized spacial score (nSPS) is 15.7. The van der Waals surface area contributed by atoms with Gasteiger partial charge >= 0.3 is 0 Å². The van der Waals surface area contributed by atoms with Crippen molar-refractivity contribution < 1.29 is 18.4 Å². The third kappa shape index (κ3) is 4.49. The summed E-state index contributed by atoms with van der Waals surface area (Å²) in [6.07, 6.45) is 1.66. The fourth-order valence-corrected chi connectivity index (χ4v) is 3.46. The van der Waals surface area contributed by atoms with Crippen LogP contribution in [0.3, 0.4) is 0 Å². The Morgan fingerprint density at radius 2 is 1.93 bits per heavy atom. The Hall–Kier alpha value is -3.12. The summed E-state index contributed by atoms with van der Waals surface area (Å²) < 4.78 is 18.5. The predicted molar refractivity (Wildman–Crippen MR) is 107 cm³/mol. The number of hydrogen-bond donors (Lipinski definition) is 0. The van der Waals surface area contributed by atoms with Crippen LogP contribution in [-0.4, -0.2) is 29.2 Å². The van der Waals surface area contributed by atoms with Crippen molar-refractivity contribution in [2.75, 3.05) is 6.54 Å². The third-order valence-corrected chi connectivity index (χ3v) is 4.98. The Morgan fingerprint density at radius 3 is 2.66 bits per heavy atom. The second kappa shape index (κ2) is 8.49. The molecule has 148 valence electrons. The van der Waals surface area contributed by atoms with Gasteiger partial charge in [-0.25, -0.2) is 4.39 Å². The van der Waals surface area contributed by atoms with Crippen LogP contribution in [0.4, 0.5) is 4.39 Å². The Labute approximate surface area is 172 Å². The Bertz CT molecular complexity index is 1020. The second-order valence-electron chi connectivity index (χ2n) is 6.74. The van der Waals surface area contributed by atoms with E-state index in [4.69, 9.17) is 20.9 Å². The van der Waals surface area contributed by atoms with Crippen molar-refractivity contribution in [1.29, 1.82) is 0 Å². The molecule has 0 bridgehead atoms. The Kier molecular flexibility index (Phi) is 5.62. The lowest BCUT2D eigenvalue weighted by atomic mass is 10.0. The average Bonchev–Trinajstić information content (AvgIpc) is 3.41. The van der Waals surface area contributed by atoms with Crippen molar-refractivity contribution in [3.63, 3.8) is 0 Å². The van der Waals surface area contributed by atoms with E-state index in [2.05, 4.69) is 5.16 Å². The zero-order valence-corrected chi connectivity index (χ0v) is 16.2. The summed E-state index contributed by atoms with van der Waals surface area (Å²) in [5, 5.41) is 4.77. The van der Waals surface area contributed by atoms with Gasteiger partial charge in [-0.05, 0) is 35.9 Å². The van der Waals surface area contributed by atoms with Crippen LogP contribution >= 0.6 is 11.6 Å². The molecule has 2 heterocycles. The van der Waals surface area contributed by atoms with Crippen LogP contribution in [0.2, 0.25) is 5.02 Å². The number of amides is 1. The highest BCUT2D eigenvalue weighted by Crippen LogP contribution is 2.24.